The molecule has 0 radical (unpaired) electrons. The lowest BCUT2D eigenvalue weighted by Gasteiger charge is -2.31. The Hall–Kier alpha value is -1.63. The molecule has 3 aliphatic rings. The van der Waals surface area contributed by atoms with Crippen LogP contribution in [0, 0.1) is 0 Å². The maximum Gasteiger partial charge on any atom is 0.317 e. The highest BCUT2D eigenvalue weighted by molar-refractivity contribution is 5.74. The second-order valence-electron chi connectivity index (χ2n) is 7.50. The minimum Gasteiger partial charge on any atom is -0.376 e. The van der Waals surface area contributed by atoms with E-state index in [1.807, 2.05) is 4.90 Å². The highest BCUT2D eigenvalue weighted by Crippen LogP contribution is 2.25. The van der Waals surface area contributed by atoms with Crippen LogP contribution in [0.1, 0.15) is 56.6 Å². The van der Waals surface area contributed by atoms with E-state index in [9.17, 15) is 4.79 Å². The first kappa shape index (κ1) is 16.8. The van der Waals surface area contributed by atoms with Gasteiger partial charge in [0.2, 0.25) is 0 Å². The normalized spacial score (nSPS) is 23.1. The van der Waals surface area contributed by atoms with Crippen LogP contribution in [0.4, 0.5) is 4.79 Å². The van der Waals surface area contributed by atoms with Crippen molar-refractivity contribution in [3.05, 3.63) is 11.6 Å². The summed E-state index contributed by atoms with van der Waals surface area (Å²) in [5, 5.41) is 11.6. The molecule has 7 nitrogen and oxygen atoms in total. The largest absolute Gasteiger partial charge is 0.376 e. The summed E-state index contributed by atoms with van der Waals surface area (Å²) in [5.74, 6) is 2.09. The van der Waals surface area contributed by atoms with Crippen molar-refractivity contribution >= 4 is 6.03 Å². The second-order valence-corrected chi connectivity index (χ2v) is 7.50. The fourth-order valence-electron chi connectivity index (χ4n) is 4.40. The Bertz CT molecular complexity index is 590. The van der Waals surface area contributed by atoms with Crippen molar-refractivity contribution < 1.29 is 9.53 Å². The van der Waals surface area contributed by atoms with Crippen LogP contribution in [-0.2, 0) is 24.1 Å². The van der Waals surface area contributed by atoms with Crippen LogP contribution in [0.3, 0.4) is 0 Å². The molecule has 1 aromatic heterocycles. The van der Waals surface area contributed by atoms with Crippen LogP contribution < -0.4 is 5.32 Å². The summed E-state index contributed by atoms with van der Waals surface area (Å²) in [7, 11) is 0. The third kappa shape index (κ3) is 3.81. The van der Waals surface area contributed by atoms with E-state index in [4.69, 9.17) is 4.74 Å². The standard InChI is InChI=1S/C18H29N5O2/c24-18(19-10-9-17-21-20-16-8-3-11-22(16)17)23(14-5-1-2-6-14)13-15-7-4-12-25-15/h14-15H,1-13H2,(H,19,24). The second kappa shape index (κ2) is 7.72. The number of carbonyl (C=O) groups excluding carboxylic acids is 1. The molecular weight excluding hydrogens is 318 g/mol. The molecule has 138 valence electrons. The molecule has 1 N–H and O–H groups in total. The van der Waals surface area contributed by atoms with Gasteiger partial charge in [0.15, 0.2) is 0 Å². The Morgan fingerprint density at radius 1 is 1.20 bits per heavy atom. The molecule has 2 aliphatic heterocycles. The summed E-state index contributed by atoms with van der Waals surface area (Å²) in [6.07, 6.45) is 10.0. The van der Waals surface area contributed by atoms with Crippen LogP contribution in [0.25, 0.3) is 0 Å². The molecule has 4 rings (SSSR count). The molecule has 1 aliphatic carbocycles. The number of amides is 2. The van der Waals surface area contributed by atoms with E-state index < -0.39 is 0 Å². The van der Waals surface area contributed by atoms with Crippen LogP contribution in [0.5, 0.6) is 0 Å². The van der Waals surface area contributed by atoms with Crippen molar-refractivity contribution in [2.45, 2.75) is 76.5 Å². The zero-order valence-corrected chi connectivity index (χ0v) is 15.0. The first-order valence-corrected chi connectivity index (χ1v) is 9.88. The van der Waals surface area contributed by atoms with Gasteiger partial charge >= 0.3 is 6.03 Å². The first-order chi connectivity index (χ1) is 12.3. The van der Waals surface area contributed by atoms with E-state index in [-0.39, 0.29) is 12.1 Å². The molecule has 0 aromatic carbocycles. The molecule has 0 bridgehead atoms. The fraction of sp³-hybridized carbons (Fsp3) is 0.833. The number of urea groups is 1. The zero-order valence-electron chi connectivity index (χ0n) is 15.0. The Morgan fingerprint density at radius 2 is 2.08 bits per heavy atom. The van der Waals surface area contributed by atoms with E-state index >= 15 is 0 Å². The quantitative estimate of drug-likeness (QED) is 0.853. The van der Waals surface area contributed by atoms with Crippen molar-refractivity contribution in [2.24, 2.45) is 0 Å². The summed E-state index contributed by atoms with van der Waals surface area (Å²) in [6, 6.07) is 0.435. The number of aromatic nitrogens is 3. The fourth-order valence-corrected chi connectivity index (χ4v) is 4.40. The number of rotatable bonds is 6. The van der Waals surface area contributed by atoms with Crippen LogP contribution in [0.2, 0.25) is 0 Å². The van der Waals surface area contributed by atoms with Gasteiger partial charge in [0.25, 0.3) is 0 Å². The summed E-state index contributed by atoms with van der Waals surface area (Å²) >= 11 is 0. The molecule has 25 heavy (non-hydrogen) atoms. The number of fused-ring (bicyclic) bond motifs is 1. The average Bonchev–Trinajstić information content (AvgIpc) is 3.37. The number of aryl methyl sites for hydroxylation is 1. The SMILES string of the molecule is O=C(NCCc1nnc2n1CCC2)N(CC1CCCO1)C1CCCC1. The van der Waals surface area contributed by atoms with E-state index in [0.29, 0.717) is 12.6 Å². The Morgan fingerprint density at radius 3 is 2.88 bits per heavy atom. The maximum absolute atomic E-state index is 12.8. The van der Waals surface area contributed by atoms with Crippen molar-refractivity contribution in [2.75, 3.05) is 19.7 Å². The number of ether oxygens (including phenoxy) is 1. The topological polar surface area (TPSA) is 72.3 Å². The number of nitrogens with one attached hydrogen (secondary N) is 1. The minimum absolute atomic E-state index is 0.0589. The first-order valence-electron chi connectivity index (χ1n) is 9.88. The maximum atomic E-state index is 12.8. The van der Waals surface area contributed by atoms with Gasteiger partial charge in [0.05, 0.1) is 6.10 Å². The predicted octanol–water partition coefficient (Wildman–Crippen LogP) is 1.90. The Balaban J connectivity index is 1.31. The van der Waals surface area contributed by atoms with Gasteiger partial charge in [0, 0.05) is 45.1 Å². The molecule has 2 fully saturated rings. The van der Waals surface area contributed by atoms with Crippen molar-refractivity contribution in [3.8, 4) is 0 Å². The molecule has 2 amide bonds. The van der Waals surface area contributed by atoms with Crippen LogP contribution in [0.15, 0.2) is 0 Å². The third-order valence-electron chi connectivity index (χ3n) is 5.76. The lowest BCUT2D eigenvalue weighted by Crippen LogP contribution is -2.48. The zero-order chi connectivity index (χ0) is 17.1. The van der Waals surface area contributed by atoms with Gasteiger partial charge in [-0.25, -0.2) is 4.79 Å². The van der Waals surface area contributed by atoms with E-state index in [2.05, 4.69) is 20.1 Å². The number of carbonyl (C=O) groups is 1. The van der Waals surface area contributed by atoms with Crippen molar-refractivity contribution in [1.29, 1.82) is 0 Å². The molecular formula is C18H29N5O2. The number of hydrogen-bond donors (Lipinski definition) is 1. The smallest absolute Gasteiger partial charge is 0.317 e. The lowest BCUT2D eigenvalue weighted by atomic mass is 10.1. The number of hydrogen-bond acceptors (Lipinski definition) is 4. The van der Waals surface area contributed by atoms with Crippen molar-refractivity contribution in [1.82, 2.24) is 25.0 Å². The third-order valence-corrected chi connectivity index (χ3v) is 5.76. The minimum atomic E-state index is 0.0589. The van der Waals surface area contributed by atoms with E-state index in [0.717, 1.165) is 76.3 Å². The van der Waals surface area contributed by atoms with E-state index in [1.165, 1.54) is 12.8 Å². The molecule has 0 spiro atoms. The van der Waals surface area contributed by atoms with Crippen LogP contribution >= 0.6 is 0 Å². The van der Waals surface area contributed by atoms with Gasteiger partial charge in [-0.05, 0) is 32.1 Å². The lowest BCUT2D eigenvalue weighted by molar-refractivity contribution is 0.0700. The number of nitrogens with zero attached hydrogens (tertiary/aromatic N) is 4. The Labute approximate surface area is 149 Å². The summed E-state index contributed by atoms with van der Waals surface area (Å²) in [5.41, 5.74) is 0. The average molecular weight is 347 g/mol. The molecule has 1 saturated heterocycles. The summed E-state index contributed by atoms with van der Waals surface area (Å²) < 4.78 is 7.97. The molecule has 1 saturated carbocycles. The van der Waals surface area contributed by atoms with Gasteiger partial charge in [-0.3, -0.25) is 0 Å². The van der Waals surface area contributed by atoms with Gasteiger partial charge in [0.1, 0.15) is 11.6 Å². The monoisotopic (exact) mass is 347 g/mol. The highest BCUT2D eigenvalue weighted by atomic mass is 16.5. The molecule has 1 atom stereocenters. The molecule has 1 unspecified atom stereocenters. The van der Waals surface area contributed by atoms with Gasteiger partial charge in [-0.15, -0.1) is 10.2 Å². The van der Waals surface area contributed by atoms with Gasteiger partial charge in [-0.1, -0.05) is 12.8 Å². The van der Waals surface area contributed by atoms with Crippen LogP contribution in [-0.4, -0.2) is 57.5 Å². The van der Waals surface area contributed by atoms with Gasteiger partial charge < -0.3 is 19.5 Å². The van der Waals surface area contributed by atoms with E-state index in [1.54, 1.807) is 0 Å². The van der Waals surface area contributed by atoms with Gasteiger partial charge in [-0.2, -0.15) is 0 Å². The predicted molar refractivity (Wildman–Crippen MR) is 93.4 cm³/mol. The highest BCUT2D eigenvalue weighted by Gasteiger charge is 2.30. The summed E-state index contributed by atoms with van der Waals surface area (Å²) in [4.78, 5) is 14.8. The van der Waals surface area contributed by atoms with Crippen molar-refractivity contribution in [3.63, 3.8) is 0 Å². The molecule has 3 heterocycles. The molecule has 1 aromatic rings. The Kier molecular flexibility index (Phi) is 5.20. The summed E-state index contributed by atoms with van der Waals surface area (Å²) in [6.45, 7) is 3.20. The molecule has 7 heteroatoms.